The number of benzene rings is 2. The zero-order valence-corrected chi connectivity index (χ0v) is 40.2. The molecule has 0 spiro atoms. The Labute approximate surface area is 409 Å². The van der Waals surface area contributed by atoms with Gasteiger partial charge in [0.2, 0.25) is 29.5 Å². The van der Waals surface area contributed by atoms with E-state index in [2.05, 4.69) is 31.2 Å². The number of amides is 7. The predicted molar refractivity (Wildman–Crippen MR) is 255 cm³/mol. The second-order valence-electron chi connectivity index (χ2n) is 16.9. The van der Waals surface area contributed by atoms with E-state index in [9.17, 15) is 56.6 Å². The number of thioether (sulfide) groups is 1. The van der Waals surface area contributed by atoms with Crippen LogP contribution >= 0.6 is 23.1 Å². The average molecular weight is 1020 g/mol. The molecule has 0 bridgehead atoms. The number of hydrogen-bond donors (Lipinski definition) is 7. The van der Waals surface area contributed by atoms with Crippen LogP contribution in [-0.4, -0.2) is 148 Å². The molecule has 20 nitrogen and oxygen atoms in total. The standard InChI is InChI=1S/C45H57F3N10O10S2/c1-57(2)21-9-7-14-30(53-38(62)33-15-10-22-58(33)41(63)31(18-19-35(49)59)56-44(67)68-24-26-11-4-3-5-12-26)37(61)52-29(13-6-8-20-50-43(66)45(46,47)48)36(60)51-27-16-17-28-34(23-27)70-40(54-28)39-55-32(25-69-39)42(64)65/h3-5,11-12,16-17,23,29-33H,6-10,13-15,18-22,24-25H2,1-2H3,(H2,49,59)(H,50,66)(H,51,60)(H,52,61)(H,53,62)(H,56,67)(H,64,65)/t29-,30-,31-,32+,33-/m0/s1. The molecule has 1 aromatic heterocycles. The minimum Gasteiger partial charge on any atom is -0.480 e. The minimum absolute atomic E-state index is 0.0119. The lowest BCUT2D eigenvalue weighted by atomic mass is 10.0. The summed E-state index contributed by atoms with van der Waals surface area (Å²) in [7, 11) is 3.74. The number of unbranched alkanes of at least 4 members (excludes halogenated alkanes) is 2. The number of nitrogens with zero attached hydrogens (tertiary/aromatic N) is 4. The van der Waals surface area contributed by atoms with Crippen molar-refractivity contribution in [3.8, 4) is 0 Å². The third-order valence-corrected chi connectivity index (χ3v) is 13.4. The van der Waals surface area contributed by atoms with E-state index >= 15 is 0 Å². The van der Waals surface area contributed by atoms with Gasteiger partial charge in [0, 0.05) is 31.0 Å². The van der Waals surface area contributed by atoms with Crippen LogP contribution in [0, 0.1) is 0 Å². The largest absolute Gasteiger partial charge is 0.480 e. The fourth-order valence-electron chi connectivity index (χ4n) is 7.52. The number of alkyl carbamates (subject to hydrolysis) is 1. The third kappa shape index (κ3) is 16.7. The van der Waals surface area contributed by atoms with Gasteiger partial charge < -0.3 is 52.0 Å². The van der Waals surface area contributed by atoms with E-state index in [0.29, 0.717) is 57.3 Å². The number of alkyl halides is 3. The van der Waals surface area contributed by atoms with Gasteiger partial charge in [0.05, 0.1) is 10.2 Å². The molecule has 70 heavy (non-hydrogen) atoms. The molecule has 1 saturated heterocycles. The van der Waals surface area contributed by atoms with Crippen LogP contribution in [0.1, 0.15) is 74.8 Å². The van der Waals surface area contributed by atoms with Gasteiger partial charge in [-0.25, -0.2) is 14.6 Å². The Morgan fingerprint density at radius 1 is 0.914 bits per heavy atom. The number of likely N-dealkylation sites (tertiary alicyclic amines) is 1. The van der Waals surface area contributed by atoms with E-state index in [4.69, 9.17) is 10.5 Å². The summed E-state index contributed by atoms with van der Waals surface area (Å²) in [5.41, 5.74) is 6.93. The van der Waals surface area contributed by atoms with Crippen molar-refractivity contribution in [2.24, 2.45) is 10.7 Å². The maximum Gasteiger partial charge on any atom is 0.471 e. The number of primary amides is 1. The lowest BCUT2D eigenvalue weighted by Gasteiger charge is -2.30. The molecule has 1 fully saturated rings. The van der Waals surface area contributed by atoms with Crippen molar-refractivity contribution in [1.82, 2.24) is 36.1 Å². The number of aliphatic carboxylic acids is 1. The molecule has 0 unspecified atom stereocenters. The molecule has 3 aromatic rings. The number of carbonyl (C=O) groups excluding carboxylic acids is 7. The number of carboxylic acid groups (broad SMARTS) is 1. The van der Waals surface area contributed by atoms with Crippen LogP contribution in [0.15, 0.2) is 53.5 Å². The van der Waals surface area contributed by atoms with Crippen LogP contribution in [-0.2, 0) is 44.9 Å². The molecule has 5 rings (SSSR count). The maximum absolute atomic E-state index is 14.3. The topological polar surface area (TPSA) is 284 Å². The van der Waals surface area contributed by atoms with E-state index < -0.39 is 83.9 Å². The van der Waals surface area contributed by atoms with Gasteiger partial charge in [-0.05, 0) is 102 Å². The van der Waals surface area contributed by atoms with Crippen LogP contribution in [0.2, 0.25) is 0 Å². The summed E-state index contributed by atoms with van der Waals surface area (Å²) in [6.45, 7) is 0.301. The Kier molecular flexibility index (Phi) is 20.3. The molecule has 3 heterocycles. The fourth-order valence-corrected chi connectivity index (χ4v) is 9.63. The molecule has 8 N–H and O–H groups in total. The van der Waals surface area contributed by atoms with Crippen molar-refractivity contribution in [3.05, 3.63) is 59.1 Å². The lowest BCUT2D eigenvalue weighted by Crippen LogP contribution is -2.57. The van der Waals surface area contributed by atoms with E-state index in [1.54, 1.807) is 53.8 Å². The van der Waals surface area contributed by atoms with E-state index in [1.165, 1.54) is 28.0 Å². The number of nitrogens with two attached hydrogens (primary N) is 1. The molecule has 0 saturated carbocycles. The summed E-state index contributed by atoms with van der Waals surface area (Å²) in [6.07, 6.45) is -4.70. The number of rotatable bonds is 25. The molecule has 2 aromatic carbocycles. The minimum atomic E-state index is -5.09. The number of thiazole rings is 1. The molecule has 5 atom stereocenters. The molecule has 0 aliphatic carbocycles. The first-order valence-electron chi connectivity index (χ1n) is 22.6. The number of halogens is 3. The normalized spacial score (nSPS) is 17.0. The highest BCUT2D eigenvalue weighted by Crippen LogP contribution is 2.31. The van der Waals surface area contributed by atoms with Gasteiger partial charge in [-0.3, -0.25) is 33.8 Å². The Morgan fingerprint density at radius 3 is 2.30 bits per heavy atom. The zero-order chi connectivity index (χ0) is 51.0. The van der Waals surface area contributed by atoms with Crippen molar-refractivity contribution in [2.45, 2.75) is 107 Å². The van der Waals surface area contributed by atoms with Gasteiger partial charge in [-0.2, -0.15) is 13.2 Å². The van der Waals surface area contributed by atoms with Gasteiger partial charge in [-0.1, -0.05) is 30.3 Å². The summed E-state index contributed by atoms with van der Waals surface area (Å²) in [4.78, 5) is 116. The molecule has 380 valence electrons. The van der Waals surface area contributed by atoms with Crippen molar-refractivity contribution in [3.63, 3.8) is 0 Å². The van der Waals surface area contributed by atoms with Crippen molar-refractivity contribution in [1.29, 1.82) is 0 Å². The zero-order valence-electron chi connectivity index (χ0n) is 38.6. The second-order valence-corrected chi connectivity index (χ2v) is 19.0. The molecular formula is C45H57F3N10O10S2. The Bertz CT molecular complexity index is 2390. The number of carbonyl (C=O) groups is 8. The number of anilines is 1. The summed E-state index contributed by atoms with van der Waals surface area (Å²) < 4.78 is 44.4. The number of aliphatic imine (C=N–C) groups is 1. The van der Waals surface area contributed by atoms with Gasteiger partial charge in [0.25, 0.3) is 0 Å². The SMILES string of the molecule is CN(C)CCCC[C@H](NC(=O)[C@@H]1CCCN1C(=O)[C@H](CCC(N)=O)NC(=O)OCc1ccccc1)C(=O)N[C@@H](CCCCNC(=O)C(F)(F)F)C(=O)Nc1ccc2nc(C3=N[C@@H](C(=O)O)CS3)sc2c1. The molecule has 25 heteroatoms. The molecule has 0 radical (unpaired) electrons. The summed E-state index contributed by atoms with van der Waals surface area (Å²) in [6, 6.07) is 7.85. The number of nitrogens with one attached hydrogen (secondary N) is 5. The van der Waals surface area contributed by atoms with Crippen LogP contribution in [0.5, 0.6) is 0 Å². The Hall–Kier alpha value is -6.34. The maximum atomic E-state index is 14.3. The fraction of sp³-hybridized carbons (Fsp3) is 0.511. The monoisotopic (exact) mass is 1020 g/mol. The summed E-state index contributed by atoms with van der Waals surface area (Å²) in [5, 5.41) is 22.9. The van der Waals surface area contributed by atoms with Gasteiger partial charge in [-0.15, -0.1) is 23.1 Å². The average Bonchev–Trinajstić information content (AvgIpc) is 4.10. The lowest BCUT2D eigenvalue weighted by molar-refractivity contribution is -0.173. The van der Waals surface area contributed by atoms with Crippen molar-refractivity contribution in [2.75, 3.05) is 44.8 Å². The van der Waals surface area contributed by atoms with Crippen LogP contribution < -0.4 is 32.3 Å². The number of ether oxygens (including phenoxy) is 1. The van der Waals surface area contributed by atoms with Gasteiger partial charge in [0.15, 0.2) is 6.04 Å². The second kappa shape index (κ2) is 26.0. The quantitative estimate of drug-likeness (QED) is 0.0601. The highest BCUT2D eigenvalue weighted by Gasteiger charge is 2.40. The first-order valence-corrected chi connectivity index (χ1v) is 24.4. The highest BCUT2D eigenvalue weighted by molar-refractivity contribution is 8.15. The van der Waals surface area contributed by atoms with Crippen molar-refractivity contribution < 1.29 is 61.4 Å². The Balaban J connectivity index is 1.31. The third-order valence-electron chi connectivity index (χ3n) is 11.2. The highest BCUT2D eigenvalue weighted by atomic mass is 32.2. The van der Waals surface area contributed by atoms with E-state index in [1.807, 2.05) is 19.0 Å². The molecular weight excluding hydrogens is 962 g/mol. The molecule has 7 amide bonds. The van der Waals surface area contributed by atoms with Crippen LogP contribution in [0.25, 0.3) is 10.2 Å². The van der Waals surface area contributed by atoms with E-state index in [0.717, 1.165) is 0 Å². The number of aromatic nitrogens is 1. The van der Waals surface area contributed by atoms with E-state index in [-0.39, 0.29) is 70.4 Å². The van der Waals surface area contributed by atoms with Gasteiger partial charge >= 0.3 is 24.1 Å². The van der Waals surface area contributed by atoms with Crippen molar-refractivity contribution >= 4 is 91.6 Å². The first-order chi connectivity index (χ1) is 33.3. The van der Waals surface area contributed by atoms with Crippen LogP contribution in [0.4, 0.5) is 23.7 Å². The van der Waals surface area contributed by atoms with Gasteiger partial charge in [0.1, 0.15) is 40.8 Å². The number of hydrogen-bond acceptors (Lipinski definition) is 14. The smallest absolute Gasteiger partial charge is 0.471 e. The van der Waals surface area contributed by atoms with Crippen LogP contribution in [0.3, 0.4) is 0 Å². The number of fused-ring (bicyclic) bond motifs is 1. The predicted octanol–water partition coefficient (Wildman–Crippen LogP) is 3.28. The number of carboxylic acids is 1. The summed E-state index contributed by atoms with van der Waals surface area (Å²) in [5.74, 6) is -6.43. The Morgan fingerprint density at radius 2 is 1.63 bits per heavy atom. The molecule has 2 aliphatic heterocycles. The first kappa shape index (κ1) is 54.6. The summed E-state index contributed by atoms with van der Waals surface area (Å²) >= 11 is 2.49. The molecule has 2 aliphatic rings.